The molecule has 0 aliphatic carbocycles. The number of amides is 1. The Balaban J connectivity index is 1.79. The Hall–Kier alpha value is -2.28. The number of hydrogen-bond acceptors (Lipinski definition) is 5. The SMILES string of the molecule is O=C(NCCNc1ncccn1)c1ccc[nH]c1=S. The van der Waals surface area contributed by atoms with Crippen LogP contribution in [0.4, 0.5) is 5.95 Å². The van der Waals surface area contributed by atoms with E-state index in [1.165, 1.54) is 0 Å². The molecule has 0 aliphatic rings. The van der Waals surface area contributed by atoms with Crippen molar-refractivity contribution in [3.63, 3.8) is 0 Å². The van der Waals surface area contributed by atoms with Gasteiger partial charge in [-0.2, -0.15) is 0 Å². The van der Waals surface area contributed by atoms with Crippen molar-refractivity contribution < 1.29 is 4.79 Å². The number of carbonyl (C=O) groups excluding carboxylic acids is 1. The Morgan fingerprint density at radius 3 is 2.79 bits per heavy atom. The van der Waals surface area contributed by atoms with Gasteiger partial charge in [0.1, 0.15) is 4.64 Å². The lowest BCUT2D eigenvalue weighted by atomic mass is 10.3. The molecule has 0 spiro atoms. The van der Waals surface area contributed by atoms with Crippen molar-refractivity contribution in [1.29, 1.82) is 0 Å². The molecule has 2 rings (SSSR count). The molecule has 0 saturated heterocycles. The van der Waals surface area contributed by atoms with E-state index in [2.05, 4.69) is 25.6 Å². The van der Waals surface area contributed by atoms with Crippen molar-refractivity contribution in [2.45, 2.75) is 0 Å². The summed E-state index contributed by atoms with van der Waals surface area (Å²) in [6.45, 7) is 1.000. The fourth-order valence-electron chi connectivity index (χ4n) is 1.44. The van der Waals surface area contributed by atoms with Gasteiger partial charge in [-0.3, -0.25) is 4.79 Å². The highest BCUT2D eigenvalue weighted by atomic mass is 32.1. The zero-order valence-electron chi connectivity index (χ0n) is 10.1. The number of hydrogen-bond donors (Lipinski definition) is 3. The molecule has 2 aromatic rings. The van der Waals surface area contributed by atoms with E-state index in [4.69, 9.17) is 12.2 Å². The number of aromatic nitrogens is 3. The number of anilines is 1. The van der Waals surface area contributed by atoms with Gasteiger partial charge in [0.15, 0.2) is 0 Å². The van der Waals surface area contributed by atoms with Gasteiger partial charge in [-0.05, 0) is 18.2 Å². The fourth-order valence-corrected chi connectivity index (χ4v) is 1.67. The fraction of sp³-hybridized carbons (Fsp3) is 0.167. The number of nitrogens with zero attached hydrogens (tertiary/aromatic N) is 2. The molecule has 0 aliphatic heterocycles. The van der Waals surface area contributed by atoms with Crippen LogP contribution >= 0.6 is 12.2 Å². The predicted molar refractivity (Wildman–Crippen MR) is 74.5 cm³/mol. The third kappa shape index (κ3) is 3.85. The minimum atomic E-state index is -0.197. The topological polar surface area (TPSA) is 82.7 Å². The van der Waals surface area contributed by atoms with Crippen LogP contribution in [0.5, 0.6) is 0 Å². The first-order valence-corrected chi connectivity index (χ1v) is 6.15. The first kappa shape index (κ1) is 13.2. The van der Waals surface area contributed by atoms with E-state index in [1.54, 1.807) is 36.8 Å². The second-order valence-electron chi connectivity index (χ2n) is 3.67. The number of aromatic amines is 1. The van der Waals surface area contributed by atoms with Crippen LogP contribution in [0.1, 0.15) is 10.4 Å². The Labute approximate surface area is 115 Å². The van der Waals surface area contributed by atoms with Crippen LogP contribution in [0.3, 0.4) is 0 Å². The van der Waals surface area contributed by atoms with E-state index in [9.17, 15) is 4.79 Å². The van der Waals surface area contributed by atoms with Crippen LogP contribution in [0.15, 0.2) is 36.8 Å². The zero-order chi connectivity index (χ0) is 13.5. The maximum Gasteiger partial charge on any atom is 0.254 e. The summed E-state index contributed by atoms with van der Waals surface area (Å²) >= 11 is 5.03. The molecule has 1 amide bonds. The van der Waals surface area contributed by atoms with Crippen LogP contribution in [0.25, 0.3) is 0 Å². The van der Waals surface area contributed by atoms with E-state index < -0.39 is 0 Å². The molecule has 6 nitrogen and oxygen atoms in total. The smallest absolute Gasteiger partial charge is 0.254 e. The summed E-state index contributed by atoms with van der Waals surface area (Å²) < 4.78 is 0.430. The standard InChI is InChI=1S/C12H13N5OS/c18-10(9-3-1-4-14-11(9)19)13-7-8-17-12-15-5-2-6-16-12/h1-6H,7-8H2,(H,13,18)(H,14,19)(H,15,16,17). The summed E-state index contributed by atoms with van der Waals surface area (Å²) in [5, 5.41) is 5.76. The zero-order valence-corrected chi connectivity index (χ0v) is 10.9. The number of pyridine rings is 1. The maximum atomic E-state index is 11.8. The molecule has 19 heavy (non-hydrogen) atoms. The van der Waals surface area contributed by atoms with Gasteiger partial charge in [-0.1, -0.05) is 12.2 Å². The maximum absolute atomic E-state index is 11.8. The van der Waals surface area contributed by atoms with Crippen molar-refractivity contribution in [3.05, 3.63) is 47.0 Å². The first-order chi connectivity index (χ1) is 9.27. The Morgan fingerprint density at radius 1 is 1.26 bits per heavy atom. The molecule has 0 bridgehead atoms. The van der Waals surface area contributed by atoms with Gasteiger partial charge in [-0.15, -0.1) is 0 Å². The summed E-state index contributed by atoms with van der Waals surface area (Å²) in [7, 11) is 0. The Morgan fingerprint density at radius 2 is 2.05 bits per heavy atom. The molecule has 2 aromatic heterocycles. The van der Waals surface area contributed by atoms with Crippen molar-refractivity contribution >= 4 is 24.1 Å². The molecule has 7 heteroatoms. The molecule has 3 N–H and O–H groups in total. The van der Waals surface area contributed by atoms with Gasteiger partial charge >= 0.3 is 0 Å². The monoisotopic (exact) mass is 275 g/mol. The predicted octanol–water partition coefficient (Wildman–Crippen LogP) is 1.38. The minimum Gasteiger partial charge on any atom is -0.352 e. The van der Waals surface area contributed by atoms with Gasteiger partial charge in [0.2, 0.25) is 5.95 Å². The largest absolute Gasteiger partial charge is 0.352 e. The third-order valence-corrected chi connectivity index (χ3v) is 2.66. The summed E-state index contributed by atoms with van der Waals surface area (Å²) in [6, 6.07) is 5.16. The van der Waals surface area contributed by atoms with Gasteiger partial charge in [0.05, 0.1) is 5.56 Å². The second kappa shape index (κ2) is 6.60. The lowest BCUT2D eigenvalue weighted by Crippen LogP contribution is -2.29. The van der Waals surface area contributed by atoms with Crippen LogP contribution < -0.4 is 10.6 Å². The summed E-state index contributed by atoms with van der Waals surface area (Å²) in [4.78, 5) is 22.7. The quantitative estimate of drug-likeness (QED) is 0.567. The van der Waals surface area contributed by atoms with E-state index in [-0.39, 0.29) is 5.91 Å². The number of carbonyl (C=O) groups is 1. The molecule has 0 aromatic carbocycles. The van der Waals surface area contributed by atoms with E-state index >= 15 is 0 Å². The van der Waals surface area contributed by atoms with Gasteiger partial charge in [-0.25, -0.2) is 9.97 Å². The van der Waals surface area contributed by atoms with Crippen molar-refractivity contribution in [2.75, 3.05) is 18.4 Å². The molecule has 0 atom stereocenters. The van der Waals surface area contributed by atoms with E-state index in [0.29, 0.717) is 29.2 Å². The van der Waals surface area contributed by atoms with Crippen molar-refractivity contribution in [1.82, 2.24) is 20.3 Å². The summed E-state index contributed by atoms with van der Waals surface area (Å²) in [6.07, 6.45) is 4.99. The molecule has 98 valence electrons. The molecule has 0 fully saturated rings. The van der Waals surface area contributed by atoms with Crippen molar-refractivity contribution in [3.8, 4) is 0 Å². The highest BCUT2D eigenvalue weighted by Gasteiger charge is 2.05. The van der Waals surface area contributed by atoms with Crippen LogP contribution in [0.2, 0.25) is 0 Å². The Bertz CT molecular complexity index is 598. The molecular formula is C12H13N5OS. The lowest BCUT2D eigenvalue weighted by molar-refractivity contribution is 0.0954. The molecule has 0 saturated carbocycles. The normalized spacial score (nSPS) is 9.89. The second-order valence-corrected chi connectivity index (χ2v) is 4.08. The number of H-pyrrole nitrogens is 1. The third-order valence-electron chi connectivity index (χ3n) is 2.32. The first-order valence-electron chi connectivity index (χ1n) is 5.74. The Kier molecular flexibility index (Phi) is 4.57. The van der Waals surface area contributed by atoms with Crippen LogP contribution in [0, 0.1) is 4.64 Å². The minimum absolute atomic E-state index is 0.197. The highest BCUT2D eigenvalue weighted by Crippen LogP contribution is 1.99. The van der Waals surface area contributed by atoms with Gasteiger partial charge in [0, 0.05) is 31.7 Å². The average molecular weight is 275 g/mol. The van der Waals surface area contributed by atoms with Gasteiger partial charge in [0.25, 0.3) is 5.91 Å². The number of rotatable bonds is 5. The van der Waals surface area contributed by atoms with E-state index in [1.807, 2.05) is 0 Å². The molecule has 2 heterocycles. The van der Waals surface area contributed by atoms with Crippen LogP contribution in [-0.4, -0.2) is 33.9 Å². The average Bonchev–Trinajstić information content (AvgIpc) is 2.45. The number of nitrogens with one attached hydrogen (secondary N) is 3. The van der Waals surface area contributed by atoms with Gasteiger partial charge < -0.3 is 15.6 Å². The van der Waals surface area contributed by atoms with Crippen LogP contribution in [-0.2, 0) is 0 Å². The molecular weight excluding hydrogens is 262 g/mol. The summed E-state index contributed by atoms with van der Waals surface area (Å²) in [5.41, 5.74) is 0.466. The molecule has 0 unspecified atom stereocenters. The summed E-state index contributed by atoms with van der Waals surface area (Å²) in [5.74, 6) is 0.339. The van der Waals surface area contributed by atoms with Crippen molar-refractivity contribution in [2.24, 2.45) is 0 Å². The lowest BCUT2D eigenvalue weighted by Gasteiger charge is -2.06. The highest BCUT2D eigenvalue weighted by molar-refractivity contribution is 7.71. The van der Waals surface area contributed by atoms with E-state index in [0.717, 1.165) is 0 Å². The molecule has 0 radical (unpaired) electrons.